The van der Waals surface area contributed by atoms with Gasteiger partial charge in [0.05, 0.1) is 18.2 Å². The van der Waals surface area contributed by atoms with Crippen LogP contribution in [0.15, 0.2) is 64.9 Å². The van der Waals surface area contributed by atoms with Crippen LogP contribution in [0.25, 0.3) is 0 Å². The molecule has 2 aromatic heterocycles. The van der Waals surface area contributed by atoms with Gasteiger partial charge in [0.25, 0.3) is 11.5 Å². The van der Waals surface area contributed by atoms with Crippen LogP contribution in [-0.2, 0) is 24.2 Å². The number of rotatable bonds is 8. The maximum Gasteiger partial charge on any atom is 0.252 e. The number of carbonyl (C=O) groups excluding carboxylic acids is 1. The van der Waals surface area contributed by atoms with Gasteiger partial charge >= 0.3 is 0 Å². The van der Waals surface area contributed by atoms with Crippen molar-refractivity contribution >= 4 is 17.2 Å². The number of thiophene rings is 1. The monoisotopic (exact) mass is 437 g/mol. The zero-order chi connectivity index (χ0) is 21.6. The lowest BCUT2D eigenvalue weighted by atomic mass is 10.0. The van der Waals surface area contributed by atoms with Crippen LogP contribution < -0.4 is 10.9 Å². The molecule has 6 nitrogen and oxygen atoms in total. The highest BCUT2D eigenvalue weighted by Gasteiger charge is 2.26. The fourth-order valence-corrected chi connectivity index (χ4v) is 4.88. The van der Waals surface area contributed by atoms with Crippen LogP contribution in [0, 0.1) is 0 Å². The van der Waals surface area contributed by atoms with E-state index in [9.17, 15) is 9.59 Å². The Balaban J connectivity index is 1.49. The number of benzene rings is 1. The number of hydrogen-bond donors (Lipinski definition) is 1. The number of nitrogens with zero attached hydrogens (tertiary/aromatic N) is 2. The number of hydrogen-bond acceptors (Lipinski definition) is 5. The van der Waals surface area contributed by atoms with Gasteiger partial charge in [-0.2, -0.15) is 0 Å². The van der Waals surface area contributed by atoms with Crippen molar-refractivity contribution in [2.24, 2.45) is 0 Å². The van der Waals surface area contributed by atoms with Gasteiger partial charge in [0, 0.05) is 50.4 Å². The summed E-state index contributed by atoms with van der Waals surface area (Å²) >= 11 is 1.83. The summed E-state index contributed by atoms with van der Waals surface area (Å²) in [6.45, 7) is 3.18. The molecule has 7 heteroatoms. The molecule has 3 aromatic rings. The molecular formula is C24H27N3O3S. The lowest BCUT2D eigenvalue weighted by Gasteiger charge is -2.35. The van der Waals surface area contributed by atoms with Crippen molar-refractivity contribution in [2.75, 3.05) is 26.8 Å². The van der Waals surface area contributed by atoms with Crippen molar-refractivity contribution in [3.63, 3.8) is 0 Å². The number of amides is 1. The second-order valence-electron chi connectivity index (χ2n) is 7.67. The Morgan fingerprint density at radius 1 is 1.19 bits per heavy atom. The molecule has 1 unspecified atom stereocenters. The highest BCUT2D eigenvalue weighted by Crippen LogP contribution is 2.30. The van der Waals surface area contributed by atoms with Crippen molar-refractivity contribution in [2.45, 2.75) is 25.6 Å². The fourth-order valence-electron chi connectivity index (χ4n) is 3.99. The van der Waals surface area contributed by atoms with Gasteiger partial charge in [-0.05, 0) is 35.1 Å². The predicted molar refractivity (Wildman–Crippen MR) is 123 cm³/mol. The molecule has 0 saturated heterocycles. The van der Waals surface area contributed by atoms with E-state index >= 15 is 0 Å². The summed E-state index contributed by atoms with van der Waals surface area (Å²) < 4.78 is 6.56. The molecule has 162 valence electrons. The Bertz CT molecular complexity index is 1080. The molecule has 3 heterocycles. The van der Waals surface area contributed by atoms with Crippen LogP contribution in [0.5, 0.6) is 0 Å². The van der Waals surface area contributed by atoms with Gasteiger partial charge in [-0.25, -0.2) is 0 Å². The minimum Gasteiger partial charge on any atom is -0.383 e. The van der Waals surface area contributed by atoms with E-state index in [0.717, 1.165) is 19.5 Å². The number of aromatic nitrogens is 1. The molecule has 0 spiro atoms. The van der Waals surface area contributed by atoms with Crippen molar-refractivity contribution in [3.8, 4) is 0 Å². The van der Waals surface area contributed by atoms with Gasteiger partial charge < -0.3 is 14.6 Å². The number of fused-ring (bicyclic) bond motifs is 1. The van der Waals surface area contributed by atoms with E-state index in [0.29, 0.717) is 25.3 Å². The van der Waals surface area contributed by atoms with Crippen molar-refractivity contribution in [1.29, 1.82) is 0 Å². The number of carbonyl (C=O) groups is 1. The highest BCUT2D eigenvalue weighted by molar-refractivity contribution is 7.10. The van der Waals surface area contributed by atoms with E-state index < -0.39 is 0 Å². The Morgan fingerprint density at radius 2 is 2.03 bits per heavy atom. The second-order valence-corrected chi connectivity index (χ2v) is 8.67. The predicted octanol–water partition coefficient (Wildman–Crippen LogP) is 3.09. The Morgan fingerprint density at radius 3 is 2.84 bits per heavy atom. The van der Waals surface area contributed by atoms with Gasteiger partial charge in [-0.3, -0.25) is 14.5 Å². The molecule has 1 aliphatic heterocycles. The molecule has 1 atom stereocenters. The third kappa shape index (κ3) is 5.12. The number of methoxy groups -OCH3 is 1. The topological polar surface area (TPSA) is 63.6 Å². The summed E-state index contributed by atoms with van der Waals surface area (Å²) in [7, 11) is 1.59. The average Bonchev–Trinajstić information content (AvgIpc) is 3.27. The van der Waals surface area contributed by atoms with E-state index in [1.54, 1.807) is 19.4 Å². The molecular weight excluding hydrogens is 410 g/mol. The third-order valence-electron chi connectivity index (χ3n) is 5.70. The Kier molecular flexibility index (Phi) is 6.96. The Hall–Kier alpha value is -2.74. The number of nitrogens with one attached hydrogen (secondary N) is 1. The highest BCUT2D eigenvalue weighted by atomic mass is 32.1. The maximum atomic E-state index is 12.9. The first kappa shape index (κ1) is 21.5. The molecule has 0 aliphatic carbocycles. The fraction of sp³-hybridized carbons (Fsp3) is 0.333. The summed E-state index contributed by atoms with van der Waals surface area (Å²) in [5, 5.41) is 5.25. The standard InChI is InChI=1S/C24H27N3O3S/c1-30-13-12-27-17-20(7-8-23(27)28)24(29)25-15-21(18-5-3-2-4-6-18)26-11-9-22-19(16-26)10-14-31-22/h2-8,10,14,17,21H,9,11-13,15-16H2,1H3,(H,25,29). The van der Waals surface area contributed by atoms with Crippen LogP contribution in [0.2, 0.25) is 0 Å². The van der Waals surface area contributed by atoms with E-state index in [4.69, 9.17) is 4.74 Å². The molecule has 1 amide bonds. The SMILES string of the molecule is COCCn1cc(C(=O)NCC(c2ccccc2)N2CCc3sccc3C2)ccc1=O. The van der Waals surface area contributed by atoms with Crippen LogP contribution in [-0.4, -0.2) is 42.2 Å². The molecule has 1 aliphatic rings. The Labute approximate surface area is 186 Å². The van der Waals surface area contributed by atoms with Crippen LogP contribution in [0.4, 0.5) is 0 Å². The van der Waals surface area contributed by atoms with E-state index in [1.165, 1.54) is 26.6 Å². The van der Waals surface area contributed by atoms with Crippen molar-refractivity contribution < 1.29 is 9.53 Å². The molecule has 0 fully saturated rings. The largest absolute Gasteiger partial charge is 0.383 e. The van der Waals surface area contributed by atoms with E-state index in [2.05, 4.69) is 33.8 Å². The van der Waals surface area contributed by atoms with E-state index in [-0.39, 0.29) is 17.5 Å². The van der Waals surface area contributed by atoms with Crippen LogP contribution >= 0.6 is 11.3 Å². The second kappa shape index (κ2) is 10.0. The van der Waals surface area contributed by atoms with Gasteiger partial charge in [0.1, 0.15) is 0 Å². The molecule has 0 saturated carbocycles. The van der Waals surface area contributed by atoms with Gasteiger partial charge in [-0.1, -0.05) is 30.3 Å². The minimum atomic E-state index is -0.180. The summed E-state index contributed by atoms with van der Waals surface area (Å²) in [6, 6.07) is 15.6. The summed E-state index contributed by atoms with van der Waals surface area (Å²) in [5.74, 6) is -0.180. The average molecular weight is 438 g/mol. The van der Waals surface area contributed by atoms with Gasteiger partial charge in [0.2, 0.25) is 0 Å². The van der Waals surface area contributed by atoms with Crippen molar-refractivity contribution in [3.05, 3.63) is 92.0 Å². The smallest absolute Gasteiger partial charge is 0.252 e. The van der Waals surface area contributed by atoms with Gasteiger partial charge in [0.15, 0.2) is 0 Å². The van der Waals surface area contributed by atoms with Crippen LogP contribution in [0.3, 0.4) is 0 Å². The molecule has 1 aromatic carbocycles. The third-order valence-corrected chi connectivity index (χ3v) is 6.72. The number of pyridine rings is 1. The zero-order valence-corrected chi connectivity index (χ0v) is 18.4. The first-order valence-corrected chi connectivity index (χ1v) is 11.4. The minimum absolute atomic E-state index is 0.0811. The van der Waals surface area contributed by atoms with Crippen molar-refractivity contribution in [1.82, 2.24) is 14.8 Å². The quantitative estimate of drug-likeness (QED) is 0.588. The maximum absolute atomic E-state index is 12.9. The molecule has 4 rings (SSSR count). The summed E-state index contributed by atoms with van der Waals surface area (Å²) in [4.78, 5) is 28.8. The molecule has 31 heavy (non-hydrogen) atoms. The normalized spacial score (nSPS) is 14.7. The first-order valence-electron chi connectivity index (χ1n) is 10.5. The number of ether oxygens (including phenoxy) is 1. The van der Waals surface area contributed by atoms with Gasteiger partial charge in [-0.15, -0.1) is 11.3 Å². The zero-order valence-electron chi connectivity index (χ0n) is 17.6. The van der Waals surface area contributed by atoms with Crippen LogP contribution in [0.1, 0.15) is 32.4 Å². The summed E-state index contributed by atoms with van der Waals surface area (Å²) in [5.41, 5.74) is 2.90. The molecule has 0 radical (unpaired) electrons. The van der Waals surface area contributed by atoms with E-state index in [1.807, 2.05) is 29.5 Å². The molecule has 0 bridgehead atoms. The lowest BCUT2D eigenvalue weighted by Crippen LogP contribution is -2.40. The lowest BCUT2D eigenvalue weighted by molar-refractivity contribution is 0.0927. The first-order chi connectivity index (χ1) is 15.2. The summed E-state index contributed by atoms with van der Waals surface area (Å²) in [6.07, 6.45) is 2.64. The molecule has 1 N–H and O–H groups in total.